The van der Waals surface area contributed by atoms with E-state index >= 15 is 0 Å². The van der Waals surface area contributed by atoms with E-state index in [1.807, 2.05) is 24.3 Å². The SMILES string of the molecule is COc1ccc(Cl)cc1/C(O)=C1\C(=O)C(=O)N(c2ccc(N3CCN(C)CC3)cc2)C1c1ccncc1. The summed E-state index contributed by atoms with van der Waals surface area (Å²) < 4.78 is 5.39. The van der Waals surface area contributed by atoms with Crippen LogP contribution in [0.15, 0.2) is 72.6 Å². The number of ketones is 1. The molecule has 1 amide bonds. The fourth-order valence-electron chi connectivity index (χ4n) is 4.86. The van der Waals surface area contributed by atoms with Crippen molar-refractivity contribution in [3.63, 3.8) is 0 Å². The number of amides is 1. The predicted molar refractivity (Wildman–Crippen MR) is 143 cm³/mol. The summed E-state index contributed by atoms with van der Waals surface area (Å²) in [6.07, 6.45) is 3.18. The number of benzene rings is 2. The zero-order valence-electron chi connectivity index (χ0n) is 20.6. The number of anilines is 2. The molecule has 3 heterocycles. The van der Waals surface area contributed by atoms with Crippen LogP contribution in [0, 0.1) is 0 Å². The number of piperazine rings is 1. The second-order valence-corrected chi connectivity index (χ2v) is 9.54. The van der Waals surface area contributed by atoms with E-state index in [1.165, 1.54) is 18.1 Å². The van der Waals surface area contributed by atoms with Gasteiger partial charge < -0.3 is 19.6 Å². The summed E-state index contributed by atoms with van der Waals surface area (Å²) in [4.78, 5) is 36.9. The molecule has 0 radical (unpaired) electrons. The molecular weight excluding hydrogens is 492 g/mol. The number of pyridine rings is 1. The van der Waals surface area contributed by atoms with E-state index in [9.17, 15) is 14.7 Å². The number of Topliss-reactive ketones (excluding diaryl/α,β-unsaturated/α-hetero) is 1. The van der Waals surface area contributed by atoms with Crippen LogP contribution < -0.4 is 14.5 Å². The van der Waals surface area contributed by atoms with Crippen LogP contribution >= 0.6 is 11.6 Å². The molecule has 0 bridgehead atoms. The molecule has 8 nitrogen and oxygen atoms in total. The van der Waals surface area contributed by atoms with E-state index in [4.69, 9.17) is 16.3 Å². The first kappa shape index (κ1) is 24.8. The molecule has 5 rings (SSSR count). The van der Waals surface area contributed by atoms with Crippen molar-refractivity contribution < 1.29 is 19.4 Å². The van der Waals surface area contributed by atoms with Crippen LogP contribution in [0.4, 0.5) is 11.4 Å². The monoisotopic (exact) mass is 518 g/mol. The Bertz CT molecular complexity index is 1350. The molecule has 2 saturated heterocycles. The molecule has 0 saturated carbocycles. The first-order valence-electron chi connectivity index (χ1n) is 12.0. The van der Waals surface area contributed by atoms with Gasteiger partial charge >= 0.3 is 0 Å². The van der Waals surface area contributed by atoms with Crippen molar-refractivity contribution in [3.05, 3.63) is 88.7 Å². The quantitative estimate of drug-likeness (QED) is 0.309. The number of ether oxygens (including phenoxy) is 1. The predicted octanol–water partition coefficient (Wildman–Crippen LogP) is 4.12. The average molecular weight is 519 g/mol. The molecule has 1 unspecified atom stereocenters. The zero-order valence-corrected chi connectivity index (χ0v) is 21.4. The van der Waals surface area contributed by atoms with Crippen molar-refractivity contribution in [2.75, 3.05) is 50.1 Å². The number of carbonyl (C=O) groups excluding carboxylic acids is 2. The Hall–Kier alpha value is -3.88. The highest BCUT2D eigenvalue weighted by Gasteiger charge is 2.47. The van der Waals surface area contributed by atoms with Gasteiger partial charge in [0.25, 0.3) is 11.7 Å². The fourth-order valence-corrected chi connectivity index (χ4v) is 5.03. The summed E-state index contributed by atoms with van der Waals surface area (Å²) in [5.74, 6) is -1.53. The van der Waals surface area contributed by atoms with Gasteiger partial charge in [0.05, 0.1) is 24.3 Å². The highest BCUT2D eigenvalue weighted by Crippen LogP contribution is 2.43. The normalized spacial score (nSPS) is 19.9. The van der Waals surface area contributed by atoms with Crippen LogP contribution in [0.1, 0.15) is 17.2 Å². The molecule has 2 fully saturated rings. The molecule has 9 heteroatoms. The molecule has 37 heavy (non-hydrogen) atoms. The van der Waals surface area contributed by atoms with E-state index in [0.29, 0.717) is 22.0 Å². The largest absolute Gasteiger partial charge is 0.507 e. The molecule has 1 atom stereocenters. The third-order valence-electron chi connectivity index (χ3n) is 6.88. The van der Waals surface area contributed by atoms with Crippen LogP contribution in [0.25, 0.3) is 5.76 Å². The summed E-state index contributed by atoms with van der Waals surface area (Å²) in [6.45, 7) is 3.79. The maximum absolute atomic E-state index is 13.4. The zero-order chi connectivity index (χ0) is 26.1. The molecule has 2 aliphatic heterocycles. The van der Waals surface area contributed by atoms with Crippen molar-refractivity contribution in [1.29, 1.82) is 0 Å². The van der Waals surface area contributed by atoms with Gasteiger partial charge in [-0.2, -0.15) is 0 Å². The number of rotatable bonds is 5. The molecule has 1 aromatic heterocycles. The fraction of sp³-hybridized carbons (Fsp3) is 0.250. The summed E-state index contributed by atoms with van der Waals surface area (Å²) in [5.41, 5.74) is 2.44. The number of methoxy groups -OCH3 is 1. The standard InChI is InChI=1S/C28H27ClN4O4/c1-31-13-15-32(16-14-31)20-4-6-21(7-5-20)33-25(18-9-11-30-12-10-18)24(27(35)28(33)36)26(34)22-17-19(29)3-8-23(22)37-2/h3-12,17,25,34H,13-16H2,1-2H3/b26-24+. The smallest absolute Gasteiger partial charge is 0.300 e. The highest BCUT2D eigenvalue weighted by molar-refractivity contribution is 6.51. The summed E-state index contributed by atoms with van der Waals surface area (Å²) >= 11 is 6.19. The van der Waals surface area contributed by atoms with Crippen LogP contribution in [0.3, 0.4) is 0 Å². The lowest BCUT2D eigenvalue weighted by Crippen LogP contribution is -2.44. The van der Waals surface area contributed by atoms with Gasteiger partial charge in [-0.25, -0.2) is 0 Å². The molecule has 3 aromatic rings. The number of aliphatic hydroxyl groups excluding tert-OH is 1. The van der Waals surface area contributed by atoms with Gasteiger partial charge in [-0.3, -0.25) is 19.5 Å². The van der Waals surface area contributed by atoms with Gasteiger partial charge in [0.15, 0.2) is 0 Å². The first-order valence-corrected chi connectivity index (χ1v) is 12.3. The van der Waals surface area contributed by atoms with Crippen LogP contribution in [0.2, 0.25) is 5.02 Å². The van der Waals surface area contributed by atoms with E-state index in [0.717, 1.165) is 31.9 Å². The number of hydrogen-bond acceptors (Lipinski definition) is 7. The number of aliphatic hydroxyl groups is 1. The maximum atomic E-state index is 13.4. The first-order chi connectivity index (χ1) is 17.9. The average Bonchev–Trinajstić information content (AvgIpc) is 3.19. The summed E-state index contributed by atoms with van der Waals surface area (Å²) in [7, 11) is 3.57. The van der Waals surface area contributed by atoms with Crippen LogP contribution in [0.5, 0.6) is 5.75 Å². The lowest BCUT2D eigenvalue weighted by Gasteiger charge is -2.34. The minimum Gasteiger partial charge on any atom is -0.507 e. The van der Waals surface area contributed by atoms with Gasteiger partial charge in [0.1, 0.15) is 11.5 Å². The van der Waals surface area contributed by atoms with Crippen molar-refractivity contribution in [3.8, 4) is 5.75 Å². The van der Waals surface area contributed by atoms with Crippen molar-refractivity contribution >= 4 is 40.4 Å². The minimum atomic E-state index is -0.860. The van der Waals surface area contributed by atoms with E-state index in [1.54, 1.807) is 36.7 Å². The molecule has 1 N–H and O–H groups in total. The number of nitrogens with zero attached hydrogens (tertiary/aromatic N) is 4. The van der Waals surface area contributed by atoms with Gasteiger partial charge in [0.2, 0.25) is 0 Å². The Morgan fingerprint density at radius 2 is 1.62 bits per heavy atom. The number of aromatic nitrogens is 1. The molecule has 2 aliphatic rings. The van der Waals surface area contributed by atoms with Crippen LogP contribution in [-0.4, -0.2) is 67.0 Å². The topological polar surface area (TPSA) is 86.2 Å². The summed E-state index contributed by atoms with van der Waals surface area (Å²) in [6, 6.07) is 14.9. The molecule has 0 spiro atoms. The number of likely N-dealkylation sites (N-methyl/N-ethyl adjacent to an activating group) is 1. The highest BCUT2D eigenvalue weighted by atomic mass is 35.5. The second-order valence-electron chi connectivity index (χ2n) is 9.10. The lowest BCUT2D eigenvalue weighted by atomic mass is 9.95. The molecular formula is C28H27ClN4O4. The van der Waals surface area contributed by atoms with Crippen molar-refractivity contribution in [2.24, 2.45) is 0 Å². The number of carbonyl (C=O) groups is 2. The third kappa shape index (κ3) is 4.65. The van der Waals surface area contributed by atoms with Gasteiger partial charge in [0, 0.05) is 55.0 Å². The Balaban J connectivity index is 1.60. The lowest BCUT2D eigenvalue weighted by molar-refractivity contribution is -0.132. The van der Waals surface area contributed by atoms with E-state index < -0.39 is 17.7 Å². The van der Waals surface area contributed by atoms with Crippen molar-refractivity contribution in [1.82, 2.24) is 9.88 Å². The van der Waals surface area contributed by atoms with Crippen LogP contribution in [-0.2, 0) is 9.59 Å². The minimum absolute atomic E-state index is 0.0417. The van der Waals surface area contributed by atoms with Gasteiger partial charge in [-0.05, 0) is 67.2 Å². The van der Waals surface area contributed by atoms with E-state index in [2.05, 4.69) is 21.8 Å². The maximum Gasteiger partial charge on any atom is 0.300 e. The van der Waals surface area contributed by atoms with Crippen molar-refractivity contribution in [2.45, 2.75) is 6.04 Å². The van der Waals surface area contributed by atoms with Gasteiger partial charge in [-0.1, -0.05) is 11.6 Å². The third-order valence-corrected chi connectivity index (χ3v) is 7.11. The Kier molecular flexibility index (Phi) is 6.86. The van der Waals surface area contributed by atoms with E-state index in [-0.39, 0.29) is 16.9 Å². The Morgan fingerprint density at radius 3 is 2.27 bits per heavy atom. The molecule has 2 aromatic carbocycles. The Labute approximate surface area is 220 Å². The second kappa shape index (κ2) is 10.2. The van der Waals surface area contributed by atoms with Gasteiger partial charge in [-0.15, -0.1) is 0 Å². The summed E-state index contributed by atoms with van der Waals surface area (Å²) in [5, 5.41) is 11.7. The number of halogens is 1. The number of hydrogen-bond donors (Lipinski definition) is 1. The Morgan fingerprint density at radius 1 is 0.973 bits per heavy atom. The molecule has 190 valence electrons. The molecule has 0 aliphatic carbocycles.